The van der Waals surface area contributed by atoms with E-state index in [0.717, 1.165) is 18.6 Å². The Morgan fingerprint density at radius 1 is 1.26 bits per heavy atom. The number of ether oxygens (including phenoxy) is 1. The quantitative estimate of drug-likeness (QED) is 0.248. The number of guanidine groups is 1. The van der Waals surface area contributed by atoms with E-state index in [2.05, 4.69) is 15.6 Å². The molecule has 0 atom stereocenters. The van der Waals surface area contributed by atoms with Crippen LogP contribution in [0.25, 0.3) is 0 Å². The molecule has 0 aliphatic carbocycles. The van der Waals surface area contributed by atoms with E-state index in [-0.39, 0.29) is 43.0 Å². The highest BCUT2D eigenvalue weighted by molar-refractivity contribution is 14.0. The van der Waals surface area contributed by atoms with Crippen molar-refractivity contribution in [3.63, 3.8) is 0 Å². The second-order valence-corrected chi connectivity index (χ2v) is 5.78. The highest BCUT2D eigenvalue weighted by Gasteiger charge is 2.30. The number of hydrogen-bond acceptors (Lipinski definition) is 3. The number of rotatable bonds is 8. The van der Waals surface area contributed by atoms with E-state index < -0.39 is 11.7 Å². The van der Waals surface area contributed by atoms with Gasteiger partial charge in [0.1, 0.15) is 0 Å². The van der Waals surface area contributed by atoms with E-state index in [9.17, 15) is 18.0 Å². The summed E-state index contributed by atoms with van der Waals surface area (Å²) in [7, 11) is 4.86. The molecule has 0 fully saturated rings. The lowest BCUT2D eigenvalue weighted by atomic mass is 10.1. The molecule has 0 aliphatic rings. The van der Waals surface area contributed by atoms with Gasteiger partial charge in [0.05, 0.1) is 18.7 Å². The van der Waals surface area contributed by atoms with Crippen molar-refractivity contribution in [2.24, 2.45) is 4.99 Å². The van der Waals surface area contributed by atoms with Gasteiger partial charge in [0.25, 0.3) is 0 Å². The second-order valence-electron chi connectivity index (χ2n) is 5.78. The summed E-state index contributed by atoms with van der Waals surface area (Å²) < 4.78 is 43.3. The number of likely N-dealkylation sites (N-methyl/N-ethyl adjacent to an activating group) is 1. The van der Waals surface area contributed by atoms with E-state index in [0.29, 0.717) is 24.7 Å². The summed E-state index contributed by atoms with van der Waals surface area (Å²) >= 11 is 0. The first kappa shape index (κ1) is 25.4. The van der Waals surface area contributed by atoms with Crippen molar-refractivity contribution in [2.75, 3.05) is 40.9 Å². The normalized spacial score (nSPS) is 11.6. The molecule has 1 rings (SSSR count). The van der Waals surface area contributed by atoms with E-state index in [1.54, 1.807) is 27.3 Å². The fourth-order valence-corrected chi connectivity index (χ4v) is 1.93. The van der Waals surface area contributed by atoms with Crippen LogP contribution in [0.3, 0.4) is 0 Å². The van der Waals surface area contributed by atoms with Gasteiger partial charge in [-0.25, -0.2) is 4.99 Å². The van der Waals surface area contributed by atoms with Crippen LogP contribution in [-0.2, 0) is 22.3 Å². The molecule has 27 heavy (non-hydrogen) atoms. The van der Waals surface area contributed by atoms with E-state index >= 15 is 0 Å². The van der Waals surface area contributed by atoms with Gasteiger partial charge in [0.2, 0.25) is 5.91 Å². The molecule has 1 aromatic rings. The van der Waals surface area contributed by atoms with E-state index in [1.165, 1.54) is 11.0 Å². The zero-order valence-corrected chi connectivity index (χ0v) is 17.9. The number of nitrogens with one attached hydrogen (secondary N) is 2. The number of nitrogens with zero attached hydrogens (tertiary/aromatic N) is 2. The summed E-state index contributed by atoms with van der Waals surface area (Å²) in [5.74, 6) is 0.212. The third-order valence-electron chi connectivity index (χ3n) is 3.40. The summed E-state index contributed by atoms with van der Waals surface area (Å²) in [4.78, 5) is 17.4. The number of aliphatic imine (C=N–C) groups is 1. The summed E-state index contributed by atoms with van der Waals surface area (Å²) in [6.07, 6.45) is -3.67. The van der Waals surface area contributed by atoms with Crippen LogP contribution in [0.4, 0.5) is 13.2 Å². The second kappa shape index (κ2) is 12.8. The third kappa shape index (κ3) is 10.4. The maximum atomic E-state index is 12.8. The van der Waals surface area contributed by atoms with Gasteiger partial charge in [0, 0.05) is 34.4 Å². The number of carbonyl (C=O) groups excluding carboxylic acids is 1. The third-order valence-corrected chi connectivity index (χ3v) is 3.40. The Balaban J connectivity index is 0.00000676. The fourth-order valence-electron chi connectivity index (χ4n) is 1.93. The number of amides is 1. The van der Waals surface area contributed by atoms with Crippen LogP contribution in [0.2, 0.25) is 0 Å². The molecule has 0 spiro atoms. The average Bonchev–Trinajstić information content (AvgIpc) is 2.59. The molecule has 0 heterocycles. The topological polar surface area (TPSA) is 66.0 Å². The maximum Gasteiger partial charge on any atom is 0.416 e. The molecule has 0 aliphatic heterocycles. The van der Waals surface area contributed by atoms with Gasteiger partial charge in [0.15, 0.2) is 5.96 Å². The monoisotopic (exact) mass is 502 g/mol. The molecule has 0 aromatic heterocycles. The lowest BCUT2D eigenvalue weighted by Crippen LogP contribution is -2.43. The van der Waals surface area contributed by atoms with Crippen LogP contribution in [-0.4, -0.2) is 57.7 Å². The highest BCUT2D eigenvalue weighted by Crippen LogP contribution is 2.29. The fraction of sp³-hybridized carbons (Fsp3) is 0.529. The van der Waals surface area contributed by atoms with Gasteiger partial charge in [-0.2, -0.15) is 13.2 Å². The molecule has 2 N–H and O–H groups in total. The Labute approximate surface area is 174 Å². The van der Waals surface area contributed by atoms with Crippen molar-refractivity contribution in [3.05, 3.63) is 35.4 Å². The summed E-state index contributed by atoms with van der Waals surface area (Å²) in [5.41, 5.74) is -0.285. The zero-order chi connectivity index (χ0) is 19.6. The average molecular weight is 502 g/mol. The lowest BCUT2D eigenvalue weighted by Gasteiger charge is -2.15. The predicted octanol–water partition coefficient (Wildman–Crippen LogP) is 2.48. The Bertz CT molecular complexity index is 610. The Morgan fingerprint density at radius 2 is 1.96 bits per heavy atom. The molecule has 10 heteroatoms. The minimum Gasteiger partial charge on any atom is -0.385 e. The smallest absolute Gasteiger partial charge is 0.385 e. The molecule has 0 saturated heterocycles. The molecule has 0 bridgehead atoms. The Hall–Kier alpha value is -1.56. The molecule has 0 unspecified atom stereocenters. The number of hydrogen-bond donors (Lipinski definition) is 2. The van der Waals surface area contributed by atoms with Crippen LogP contribution < -0.4 is 10.6 Å². The summed E-state index contributed by atoms with van der Waals surface area (Å²) in [5, 5.41) is 5.91. The largest absolute Gasteiger partial charge is 0.416 e. The number of halogens is 4. The maximum absolute atomic E-state index is 12.8. The molecular weight excluding hydrogens is 476 g/mol. The molecular formula is C17H26F3IN4O2. The molecule has 0 radical (unpaired) electrons. The van der Waals surface area contributed by atoms with Gasteiger partial charge in [-0.05, 0) is 24.1 Å². The predicted molar refractivity (Wildman–Crippen MR) is 109 cm³/mol. The van der Waals surface area contributed by atoms with Crippen LogP contribution >= 0.6 is 24.0 Å². The minimum absolute atomic E-state index is 0. The standard InChI is InChI=1S/C17H25F3N4O2.HI/c1-24(2)15(25)12-23-16(21-8-5-9-26-3)22-11-13-6-4-7-14(10-13)17(18,19)20;/h4,6-7,10H,5,8-9,11-12H2,1-3H3,(H2,21,22,23);1H. The number of methoxy groups -OCH3 is 1. The van der Waals surface area contributed by atoms with Crippen LogP contribution in [0.1, 0.15) is 17.5 Å². The number of benzene rings is 1. The Morgan fingerprint density at radius 3 is 2.56 bits per heavy atom. The SMILES string of the molecule is COCCCNC(=NCc1cccc(C(F)(F)F)c1)NCC(=O)N(C)C.I. The van der Waals surface area contributed by atoms with Crippen molar-refractivity contribution in [1.29, 1.82) is 0 Å². The van der Waals surface area contributed by atoms with Crippen molar-refractivity contribution >= 4 is 35.8 Å². The van der Waals surface area contributed by atoms with Gasteiger partial charge in [-0.1, -0.05) is 12.1 Å². The van der Waals surface area contributed by atoms with Crippen molar-refractivity contribution in [2.45, 2.75) is 19.1 Å². The first-order valence-electron chi connectivity index (χ1n) is 8.11. The van der Waals surface area contributed by atoms with Crippen molar-refractivity contribution in [3.8, 4) is 0 Å². The van der Waals surface area contributed by atoms with Gasteiger partial charge in [-0.15, -0.1) is 24.0 Å². The highest BCUT2D eigenvalue weighted by atomic mass is 127. The van der Waals surface area contributed by atoms with E-state index in [1.807, 2.05) is 0 Å². The summed E-state index contributed by atoms with van der Waals surface area (Å²) in [6.45, 7) is 1.20. The lowest BCUT2D eigenvalue weighted by molar-refractivity contribution is -0.137. The molecule has 6 nitrogen and oxygen atoms in total. The first-order valence-corrected chi connectivity index (χ1v) is 8.11. The first-order chi connectivity index (χ1) is 12.2. The van der Waals surface area contributed by atoms with Gasteiger partial charge >= 0.3 is 6.18 Å². The van der Waals surface area contributed by atoms with Crippen molar-refractivity contribution < 1.29 is 22.7 Å². The minimum atomic E-state index is -4.39. The molecule has 1 aromatic carbocycles. The van der Waals surface area contributed by atoms with Crippen LogP contribution in [0, 0.1) is 0 Å². The van der Waals surface area contributed by atoms with E-state index in [4.69, 9.17) is 4.74 Å². The number of alkyl halides is 3. The zero-order valence-electron chi connectivity index (χ0n) is 15.6. The van der Waals surface area contributed by atoms with Crippen LogP contribution in [0.15, 0.2) is 29.3 Å². The summed E-state index contributed by atoms with van der Waals surface area (Å²) in [6, 6.07) is 5.01. The van der Waals surface area contributed by atoms with Crippen LogP contribution in [0.5, 0.6) is 0 Å². The molecule has 1 amide bonds. The van der Waals surface area contributed by atoms with Gasteiger partial charge in [-0.3, -0.25) is 4.79 Å². The molecule has 0 saturated carbocycles. The Kier molecular flexibility index (Phi) is 12.0. The van der Waals surface area contributed by atoms with Crippen molar-refractivity contribution in [1.82, 2.24) is 15.5 Å². The van der Waals surface area contributed by atoms with Gasteiger partial charge < -0.3 is 20.3 Å². The molecule has 154 valence electrons. The number of carbonyl (C=O) groups is 1.